The summed E-state index contributed by atoms with van der Waals surface area (Å²) < 4.78 is 6.30. The maximum atomic E-state index is 12.1. The molecule has 11 heteroatoms. The fraction of sp³-hybridized carbons (Fsp3) is 0.360. The van der Waals surface area contributed by atoms with Gasteiger partial charge < -0.3 is 15.2 Å². The Morgan fingerprint density at radius 1 is 1.19 bits per heavy atom. The second-order valence-corrected chi connectivity index (χ2v) is 9.71. The van der Waals surface area contributed by atoms with Gasteiger partial charge in [-0.2, -0.15) is 0 Å². The first-order chi connectivity index (χ1) is 17.4. The van der Waals surface area contributed by atoms with Gasteiger partial charge in [-0.1, -0.05) is 11.3 Å². The number of carbonyl (C=O) groups is 1. The van der Waals surface area contributed by atoms with E-state index < -0.39 is 6.10 Å². The molecule has 0 radical (unpaired) electrons. The lowest BCUT2D eigenvalue weighted by Crippen LogP contribution is -2.29. The van der Waals surface area contributed by atoms with Gasteiger partial charge in [0.2, 0.25) is 0 Å². The lowest BCUT2D eigenvalue weighted by molar-refractivity contribution is 0.0247. The molecule has 5 rings (SSSR count). The number of anilines is 1. The van der Waals surface area contributed by atoms with E-state index in [-0.39, 0.29) is 12.1 Å². The van der Waals surface area contributed by atoms with Crippen LogP contribution in [-0.2, 0) is 4.74 Å². The standard InChI is InChI=1S/C25H27N7O3S/c1-4-26-24(34)32-25-31-20-10-14(16-11-28-22(13(2)33)29-12-16)9-18(21(20)36-25)23-27-6-5-19(30-23)15-7-17(8-15)35-3/h5-6,9-13,15,17,33H,4,7-8H2,1-3H3,(H2,26,31,32,34). The Hall–Kier alpha value is -3.54. The molecule has 4 aromatic rings. The molecule has 0 bridgehead atoms. The number of hydrogen-bond acceptors (Lipinski definition) is 9. The van der Waals surface area contributed by atoms with Gasteiger partial charge in [0.15, 0.2) is 16.8 Å². The van der Waals surface area contributed by atoms with Crippen LogP contribution in [0.15, 0.2) is 36.8 Å². The number of aliphatic hydroxyl groups is 1. The van der Waals surface area contributed by atoms with Crippen molar-refractivity contribution < 1.29 is 14.6 Å². The summed E-state index contributed by atoms with van der Waals surface area (Å²) in [5, 5.41) is 15.8. The minimum Gasteiger partial charge on any atom is -0.385 e. The molecule has 0 saturated heterocycles. The highest BCUT2D eigenvalue weighted by atomic mass is 32.1. The number of aliphatic hydroxyl groups excluding tert-OH is 1. The number of rotatable bonds is 7. The number of aromatic nitrogens is 5. The molecule has 1 saturated carbocycles. The van der Waals surface area contributed by atoms with Crippen molar-refractivity contribution in [3.63, 3.8) is 0 Å². The third-order valence-corrected chi connectivity index (χ3v) is 7.21. The molecule has 0 spiro atoms. The van der Waals surface area contributed by atoms with Gasteiger partial charge in [0, 0.05) is 55.0 Å². The van der Waals surface area contributed by atoms with Gasteiger partial charge in [-0.15, -0.1) is 0 Å². The molecule has 10 nitrogen and oxygen atoms in total. The second kappa shape index (κ2) is 10.2. The fourth-order valence-corrected chi connectivity index (χ4v) is 5.10. The van der Waals surface area contributed by atoms with E-state index in [0.717, 1.165) is 39.9 Å². The van der Waals surface area contributed by atoms with Gasteiger partial charge in [0.05, 0.1) is 16.3 Å². The number of carbonyl (C=O) groups excluding carboxylic acids is 1. The molecule has 1 atom stereocenters. The zero-order valence-electron chi connectivity index (χ0n) is 20.2. The van der Waals surface area contributed by atoms with Crippen LogP contribution >= 0.6 is 11.3 Å². The minimum atomic E-state index is -0.751. The Bertz CT molecular complexity index is 1380. The molecule has 1 aliphatic rings. The second-order valence-electron chi connectivity index (χ2n) is 8.71. The predicted octanol–water partition coefficient (Wildman–Crippen LogP) is 4.30. The summed E-state index contributed by atoms with van der Waals surface area (Å²) in [5.41, 5.74) is 4.11. The molecule has 3 N–H and O–H groups in total. The predicted molar refractivity (Wildman–Crippen MR) is 138 cm³/mol. The maximum absolute atomic E-state index is 12.1. The van der Waals surface area contributed by atoms with Gasteiger partial charge in [-0.05, 0) is 50.5 Å². The molecule has 3 heterocycles. The highest BCUT2D eigenvalue weighted by Gasteiger charge is 2.31. The number of fused-ring (bicyclic) bond motifs is 1. The van der Waals surface area contributed by atoms with Gasteiger partial charge in [0.25, 0.3) is 0 Å². The summed E-state index contributed by atoms with van der Waals surface area (Å²) >= 11 is 1.37. The van der Waals surface area contributed by atoms with Crippen molar-refractivity contribution >= 4 is 32.7 Å². The molecule has 36 heavy (non-hydrogen) atoms. The van der Waals surface area contributed by atoms with Crippen molar-refractivity contribution in [3.05, 3.63) is 48.3 Å². The lowest BCUT2D eigenvalue weighted by Gasteiger charge is -2.33. The molecule has 3 aromatic heterocycles. The number of amides is 2. The van der Waals surface area contributed by atoms with E-state index in [0.29, 0.717) is 34.8 Å². The van der Waals surface area contributed by atoms with E-state index in [9.17, 15) is 9.90 Å². The molecule has 1 aromatic carbocycles. The van der Waals surface area contributed by atoms with Crippen molar-refractivity contribution in [1.82, 2.24) is 30.2 Å². The van der Waals surface area contributed by atoms with E-state index in [4.69, 9.17) is 9.72 Å². The summed E-state index contributed by atoms with van der Waals surface area (Å²) in [7, 11) is 1.74. The minimum absolute atomic E-state index is 0.275. The van der Waals surface area contributed by atoms with Crippen LogP contribution in [0.5, 0.6) is 0 Å². The Balaban J connectivity index is 1.58. The van der Waals surface area contributed by atoms with Gasteiger partial charge >= 0.3 is 6.03 Å². The van der Waals surface area contributed by atoms with Gasteiger partial charge in [0.1, 0.15) is 6.10 Å². The SMILES string of the molecule is CCNC(=O)Nc1nc2cc(-c3cnc(C(C)O)nc3)cc(-c3nccc(C4CC(OC)C4)n3)c2s1. The number of methoxy groups -OCH3 is 1. The average molecular weight is 506 g/mol. The normalized spacial score (nSPS) is 18.0. The van der Waals surface area contributed by atoms with Crippen molar-refractivity contribution in [2.24, 2.45) is 0 Å². The van der Waals surface area contributed by atoms with E-state index in [1.807, 2.05) is 25.1 Å². The molecule has 0 aliphatic heterocycles. The van der Waals surface area contributed by atoms with Crippen LogP contribution in [0.4, 0.5) is 9.93 Å². The average Bonchev–Trinajstić information content (AvgIpc) is 3.25. The van der Waals surface area contributed by atoms with Crippen LogP contribution in [0.3, 0.4) is 0 Å². The summed E-state index contributed by atoms with van der Waals surface area (Å²) in [5.74, 6) is 1.29. The number of benzene rings is 1. The van der Waals surface area contributed by atoms with Crippen LogP contribution in [-0.4, -0.2) is 55.8 Å². The summed E-state index contributed by atoms with van der Waals surface area (Å²) in [6, 6.07) is 5.57. The molecular formula is C25H27N7O3S. The first kappa shape index (κ1) is 24.2. The quantitative estimate of drug-likeness (QED) is 0.338. The fourth-order valence-electron chi connectivity index (χ4n) is 4.15. The third-order valence-electron chi connectivity index (χ3n) is 6.19. The summed E-state index contributed by atoms with van der Waals surface area (Å²) in [4.78, 5) is 34.8. The van der Waals surface area contributed by atoms with E-state index in [1.54, 1.807) is 32.6 Å². The Labute approximate surface area is 212 Å². The molecule has 1 fully saturated rings. The van der Waals surface area contributed by atoms with Crippen molar-refractivity contribution in [2.75, 3.05) is 19.0 Å². The first-order valence-corrected chi connectivity index (χ1v) is 12.6. The Morgan fingerprint density at radius 3 is 2.67 bits per heavy atom. The van der Waals surface area contributed by atoms with E-state index in [1.165, 1.54) is 11.3 Å². The van der Waals surface area contributed by atoms with Crippen LogP contribution in [0.25, 0.3) is 32.7 Å². The molecule has 186 valence electrons. The van der Waals surface area contributed by atoms with Crippen LogP contribution < -0.4 is 10.6 Å². The maximum Gasteiger partial charge on any atom is 0.321 e. The number of nitrogens with one attached hydrogen (secondary N) is 2. The summed E-state index contributed by atoms with van der Waals surface area (Å²) in [6.07, 6.45) is 6.54. The molecule has 2 amide bonds. The molecular weight excluding hydrogens is 478 g/mol. The Kier molecular flexibility index (Phi) is 6.86. The number of hydrogen-bond donors (Lipinski definition) is 3. The Morgan fingerprint density at radius 2 is 1.97 bits per heavy atom. The number of ether oxygens (including phenoxy) is 1. The van der Waals surface area contributed by atoms with E-state index in [2.05, 4.69) is 30.6 Å². The smallest absolute Gasteiger partial charge is 0.321 e. The number of urea groups is 1. The van der Waals surface area contributed by atoms with Crippen molar-refractivity contribution in [3.8, 4) is 22.5 Å². The topological polar surface area (TPSA) is 135 Å². The molecule has 1 unspecified atom stereocenters. The van der Waals surface area contributed by atoms with Crippen LogP contribution in [0.1, 0.15) is 50.2 Å². The monoisotopic (exact) mass is 505 g/mol. The first-order valence-electron chi connectivity index (χ1n) is 11.8. The van der Waals surface area contributed by atoms with Crippen LogP contribution in [0.2, 0.25) is 0 Å². The third kappa shape index (κ3) is 4.90. The van der Waals surface area contributed by atoms with Crippen molar-refractivity contribution in [1.29, 1.82) is 0 Å². The van der Waals surface area contributed by atoms with Crippen LogP contribution in [0, 0.1) is 0 Å². The number of thiazole rings is 1. The zero-order valence-corrected chi connectivity index (χ0v) is 21.0. The molecule has 1 aliphatic carbocycles. The van der Waals surface area contributed by atoms with E-state index >= 15 is 0 Å². The van der Waals surface area contributed by atoms with Gasteiger partial charge in [-0.3, -0.25) is 5.32 Å². The number of nitrogens with zero attached hydrogens (tertiary/aromatic N) is 5. The van der Waals surface area contributed by atoms with Gasteiger partial charge in [-0.25, -0.2) is 29.7 Å². The highest BCUT2D eigenvalue weighted by Crippen LogP contribution is 2.40. The lowest BCUT2D eigenvalue weighted by atomic mass is 9.80. The zero-order chi connectivity index (χ0) is 25.2. The largest absolute Gasteiger partial charge is 0.385 e. The van der Waals surface area contributed by atoms with Crippen molar-refractivity contribution in [2.45, 2.75) is 44.8 Å². The summed E-state index contributed by atoms with van der Waals surface area (Å²) in [6.45, 7) is 3.99. The highest BCUT2D eigenvalue weighted by molar-refractivity contribution is 7.22.